The highest BCUT2D eigenvalue weighted by Gasteiger charge is 2.21. The zero-order valence-corrected chi connectivity index (χ0v) is 14.9. The van der Waals surface area contributed by atoms with Crippen molar-refractivity contribution in [1.29, 1.82) is 0 Å². The summed E-state index contributed by atoms with van der Waals surface area (Å²) < 4.78 is 7.28. The van der Waals surface area contributed by atoms with Gasteiger partial charge in [-0.15, -0.1) is 0 Å². The lowest BCUT2D eigenvalue weighted by atomic mass is 9.98. The SMILES string of the molecule is Cn1cnc2cc(C(=O)NCC3CCCN(Cc4ccco4)C3)cnc21. The molecule has 1 aliphatic heterocycles. The molecule has 7 nitrogen and oxygen atoms in total. The van der Waals surface area contributed by atoms with Crippen LogP contribution in [0.3, 0.4) is 0 Å². The Morgan fingerprint density at radius 1 is 1.42 bits per heavy atom. The number of carbonyl (C=O) groups excluding carboxylic acids is 1. The summed E-state index contributed by atoms with van der Waals surface area (Å²) in [5, 5.41) is 3.06. The van der Waals surface area contributed by atoms with Gasteiger partial charge in [-0.3, -0.25) is 9.69 Å². The number of hydrogen-bond donors (Lipinski definition) is 1. The van der Waals surface area contributed by atoms with Crippen LogP contribution in [0.5, 0.6) is 0 Å². The highest BCUT2D eigenvalue weighted by atomic mass is 16.3. The van der Waals surface area contributed by atoms with Crippen molar-refractivity contribution in [3.05, 3.63) is 48.3 Å². The Morgan fingerprint density at radius 3 is 3.19 bits per heavy atom. The summed E-state index contributed by atoms with van der Waals surface area (Å²) in [5.74, 6) is 1.35. The molecule has 0 bridgehead atoms. The van der Waals surface area contributed by atoms with Crippen LogP contribution in [0.2, 0.25) is 0 Å². The largest absolute Gasteiger partial charge is 0.468 e. The Hall–Kier alpha value is -2.67. The lowest BCUT2D eigenvalue weighted by Crippen LogP contribution is -2.40. The van der Waals surface area contributed by atoms with Crippen LogP contribution >= 0.6 is 0 Å². The first-order valence-electron chi connectivity index (χ1n) is 8.99. The Labute approximate surface area is 152 Å². The van der Waals surface area contributed by atoms with E-state index in [4.69, 9.17) is 4.42 Å². The number of hydrogen-bond acceptors (Lipinski definition) is 5. The Balaban J connectivity index is 1.32. The number of imidazole rings is 1. The number of furan rings is 1. The van der Waals surface area contributed by atoms with Gasteiger partial charge in [-0.2, -0.15) is 0 Å². The van der Waals surface area contributed by atoms with Gasteiger partial charge in [0.1, 0.15) is 11.3 Å². The maximum atomic E-state index is 12.5. The number of amides is 1. The average molecular weight is 353 g/mol. The molecule has 7 heteroatoms. The lowest BCUT2D eigenvalue weighted by Gasteiger charge is -2.32. The zero-order chi connectivity index (χ0) is 17.9. The standard InChI is InChI=1S/C19H23N5O2/c1-23-13-22-17-8-15(10-20-18(17)23)19(25)21-9-14-4-2-6-24(11-14)12-16-5-3-7-26-16/h3,5,7-8,10,13-14H,2,4,6,9,11-12H2,1H3,(H,21,25). The first-order valence-corrected chi connectivity index (χ1v) is 8.99. The first-order chi connectivity index (χ1) is 12.7. The van der Waals surface area contributed by atoms with E-state index < -0.39 is 0 Å². The minimum atomic E-state index is -0.0896. The smallest absolute Gasteiger partial charge is 0.252 e. The third kappa shape index (κ3) is 3.62. The monoisotopic (exact) mass is 353 g/mol. The first kappa shape index (κ1) is 16.8. The van der Waals surface area contributed by atoms with Gasteiger partial charge in [0.2, 0.25) is 0 Å². The molecule has 0 spiro atoms. The number of carbonyl (C=O) groups is 1. The maximum absolute atomic E-state index is 12.5. The molecule has 1 fully saturated rings. The number of rotatable bonds is 5. The van der Waals surface area contributed by atoms with Gasteiger partial charge in [0.15, 0.2) is 5.65 Å². The summed E-state index contributed by atoms with van der Waals surface area (Å²) >= 11 is 0. The number of nitrogens with zero attached hydrogens (tertiary/aromatic N) is 4. The van der Waals surface area contributed by atoms with Crippen LogP contribution in [-0.4, -0.2) is 45.0 Å². The van der Waals surface area contributed by atoms with Gasteiger partial charge in [0.05, 0.1) is 24.7 Å². The van der Waals surface area contributed by atoms with E-state index in [1.807, 2.05) is 23.7 Å². The maximum Gasteiger partial charge on any atom is 0.252 e. The molecule has 0 aromatic carbocycles. The van der Waals surface area contributed by atoms with E-state index in [2.05, 4.69) is 20.2 Å². The second kappa shape index (κ2) is 7.29. The number of likely N-dealkylation sites (tertiary alicyclic amines) is 1. The Bertz CT molecular complexity index is 887. The summed E-state index contributed by atoms with van der Waals surface area (Å²) in [5.41, 5.74) is 2.07. The summed E-state index contributed by atoms with van der Waals surface area (Å²) in [6.45, 7) is 3.55. The molecule has 4 heterocycles. The van der Waals surface area contributed by atoms with Crippen LogP contribution in [0.4, 0.5) is 0 Å². The number of piperidine rings is 1. The summed E-state index contributed by atoms with van der Waals surface area (Å²) in [6, 6.07) is 5.72. The molecule has 1 aliphatic rings. The van der Waals surface area contributed by atoms with Crippen LogP contribution < -0.4 is 5.32 Å². The summed E-state index contributed by atoms with van der Waals surface area (Å²) in [4.78, 5) is 23.4. The normalized spacial score (nSPS) is 18.3. The van der Waals surface area contributed by atoms with Crippen molar-refractivity contribution < 1.29 is 9.21 Å². The molecule has 136 valence electrons. The predicted octanol–water partition coefficient (Wildman–Crippen LogP) is 2.20. The minimum Gasteiger partial charge on any atom is -0.468 e. The van der Waals surface area contributed by atoms with Crippen LogP contribution in [0, 0.1) is 5.92 Å². The third-order valence-corrected chi connectivity index (χ3v) is 4.93. The van der Waals surface area contributed by atoms with Crippen LogP contribution in [0.1, 0.15) is 29.0 Å². The van der Waals surface area contributed by atoms with Crippen molar-refractivity contribution in [3.63, 3.8) is 0 Å². The minimum absolute atomic E-state index is 0.0896. The molecular weight excluding hydrogens is 330 g/mol. The summed E-state index contributed by atoms with van der Waals surface area (Å²) in [6.07, 6.45) is 7.30. The van der Waals surface area contributed by atoms with E-state index in [0.717, 1.165) is 49.4 Å². The zero-order valence-electron chi connectivity index (χ0n) is 14.9. The van der Waals surface area contributed by atoms with E-state index in [1.165, 1.54) is 0 Å². The number of aryl methyl sites for hydroxylation is 1. The van der Waals surface area contributed by atoms with E-state index >= 15 is 0 Å². The predicted molar refractivity (Wildman–Crippen MR) is 97.6 cm³/mol. The van der Waals surface area contributed by atoms with E-state index in [-0.39, 0.29) is 5.91 Å². The fraction of sp³-hybridized carbons (Fsp3) is 0.421. The molecule has 3 aromatic rings. The van der Waals surface area contributed by atoms with E-state index in [1.54, 1.807) is 24.9 Å². The fourth-order valence-electron chi connectivity index (χ4n) is 3.56. The second-order valence-corrected chi connectivity index (χ2v) is 6.95. The molecule has 1 amide bonds. The van der Waals surface area contributed by atoms with Gasteiger partial charge < -0.3 is 14.3 Å². The number of nitrogens with one attached hydrogen (secondary N) is 1. The summed E-state index contributed by atoms with van der Waals surface area (Å²) in [7, 11) is 1.89. The molecule has 0 saturated carbocycles. The third-order valence-electron chi connectivity index (χ3n) is 4.93. The second-order valence-electron chi connectivity index (χ2n) is 6.95. The lowest BCUT2D eigenvalue weighted by molar-refractivity contribution is 0.0928. The molecule has 1 saturated heterocycles. The van der Waals surface area contributed by atoms with Gasteiger partial charge in [0, 0.05) is 26.3 Å². The molecule has 26 heavy (non-hydrogen) atoms. The van der Waals surface area contributed by atoms with Crippen LogP contribution in [0.25, 0.3) is 11.2 Å². The van der Waals surface area contributed by atoms with Crippen LogP contribution in [-0.2, 0) is 13.6 Å². The van der Waals surface area contributed by atoms with Crippen molar-refractivity contribution in [1.82, 2.24) is 24.8 Å². The van der Waals surface area contributed by atoms with Crippen molar-refractivity contribution >= 4 is 17.1 Å². The van der Waals surface area contributed by atoms with E-state index in [0.29, 0.717) is 18.0 Å². The topological polar surface area (TPSA) is 76.2 Å². The highest BCUT2D eigenvalue weighted by Crippen LogP contribution is 2.18. The quantitative estimate of drug-likeness (QED) is 0.761. The molecule has 0 aliphatic carbocycles. The number of pyridine rings is 1. The fourth-order valence-corrected chi connectivity index (χ4v) is 3.56. The molecule has 0 radical (unpaired) electrons. The van der Waals surface area contributed by atoms with Gasteiger partial charge in [-0.25, -0.2) is 9.97 Å². The Kier molecular flexibility index (Phi) is 4.71. The van der Waals surface area contributed by atoms with Crippen molar-refractivity contribution in [3.8, 4) is 0 Å². The van der Waals surface area contributed by atoms with Crippen molar-refractivity contribution in [2.45, 2.75) is 19.4 Å². The molecule has 1 unspecified atom stereocenters. The van der Waals surface area contributed by atoms with Crippen molar-refractivity contribution in [2.24, 2.45) is 13.0 Å². The number of aromatic nitrogens is 3. The van der Waals surface area contributed by atoms with Gasteiger partial charge in [0.25, 0.3) is 5.91 Å². The van der Waals surface area contributed by atoms with Gasteiger partial charge in [-0.1, -0.05) is 0 Å². The molecule has 1 atom stereocenters. The molecule has 1 N–H and O–H groups in total. The Morgan fingerprint density at radius 2 is 2.35 bits per heavy atom. The number of fused-ring (bicyclic) bond motifs is 1. The van der Waals surface area contributed by atoms with Crippen molar-refractivity contribution in [2.75, 3.05) is 19.6 Å². The van der Waals surface area contributed by atoms with Gasteiger partial charge in [-0.05, 0) is 43.5 Å². The van der Waals surface area contributed by atoms with Gasteiger partial charge >= 0.3 is 0 Å². The molecule has 4 rings (SSSR count). The molecule has 3 aromatic heterocycles. The van der Waals surface area contributed by atoms with E-state index in [9.17, 15) is 4.79 Å². The molecular formula is C19H23N5O2. The highest BCUT2D eigenvalue weighted by molar-refractivity contribution is 5.96. The average Bonchev–Trinajstić information content (AvgIpc) is 3.30. The van der Waals surface area contributed by atoms with Crippen LogP contribution in [0.15, 0.2) is 41.4 Å².